The van der Waals surface area contributed by atoms with Gasteiger partial charge in [-0.25, -0.2) is 4.98 Å². The predicted octanol–water partition coefficient (Wildman–Crippen LogP) is 2.83. The minimum absolute atomic E-state index is 0.185. The molecule has 0 bridgehead atoms. The molecule has 0 unspecified atom stereocenters. The summed E-state index contributed by atoms with van der Waals surface area (Å²) in [7, 11) is 0. The highest BCUT2D eigenvalue weighted by atomic mass is 35.5. The summed E-state index contributed by atoms with van der Waals surface area (Å²) in [5.74, 6) is -0.185. The van der Waals surface area contributed by atoms with Crippen LogP contribution in [0.1, 0.15) is 50.0 Å². The van der Waals surface area contributed by atoms with Gasteiger partial charge in [-0.05, 0) is 31.1 Å². The first kappa shape index (κ1) is 13.3. The summed E-state index contributed by atoms with van der Waals surface area (Å²) < 4.78 is 0. The Kier molecular flexibility index (Phi) is 3.85. The topological polar surface area (TPSA) is 54.9 Å². The molecule has 1 N–H and O–H groups in total. The van der Waals surface area contributed by atoms with Gasteiger partial charge in [-0.2, -0.15) is 0 Å². The third kappa shape index (κ3) is 3.42. The average Bonchev–Trinajstić information content (AvgIpc) is 2.32. The van der Waals surface area contributed by atoms with Crippen molar-refractivity contribution in [1.29, 1.82) is 0 Å². The van der Waals surface area contributed by atoms with E-state index in [1.54, 1.807) is 0 Å². The molecule has 1 aliphatic carbocycles. The van der Waals surface area contributed by atoms with Gasteiger partial charge in [0.15, 0.2) is 0 Å². The van der Waals surface area contributed by atoms with Crippen LogP contribution in [0, 0.1) is 5.41 Å². The zero-order valence-corrected chi connectivity index (χ0v) is 11.5. The molecule has 1 amide bonds. The minimum atomic E-state index is -0.185. The van der Waals surface area contributed by atoms with Crippen LogP contribution in [0.15, 0.2) is 12.4 Å². The van der Waals surface area contributed by atoms with Crippen molar-refractivity contribution in [2.75, 3.05) is 0 Å². The molecule has 1 aromatic rings. The number of halogens is 1. The summed E-state index contributed by atoms with van der Waals surface area (Å²) in [6.45, 7) is 4.54. The molecule has 0 aromatic carbocycles. The van der Waals surface area contributed by atoms with E-state index in [9.17, 15) is 4.79 Å². The van der Waals surface area contributed by atoms with Crippen LogP contribution in [0.25, 0.3) is 0 Å². The van der Waals surface area contributed by atoms with E-state index in [0.717, 1.165) is 25.7 Å². The molecule has 1 aromatic heterocycles. The summed E-state index contributed by atoms with van der Waals surface area (Å²) >= 11 is 5.72. The van der Waals surface area contributed by atoms with E-state index in [4.69, 9.17) is 11.6 Å². The van der Waals surface area contributed by atoms with Gasteiger partial charge in [-0.1, -0.05) is 25.4 Å². The molecule has 18 heavy (non-hydrogen) atoms. The second-order valence-electron chi connectivity index (χ2n) is 5.64. The largest absolute Gasteiger partial charge is 0.348 e. The molecule has 4 nitrogen and oxygen atoms in total. The Bertz CT molecular complexity index is 438. The molecule has 2 rings (SSSR count). The Labute approximate surface area is 112 Å². The number of aromatic nitrogens is 2. The fourth-order valence-corrected chi connectivity index (χ4v) is 2.40. The fourth-order valence-electron chi connectivity index (χ4n) is 2.25. The Morgan fingerprint density at radius 3 is 2.67 bits per heavy atom. The van der Waals surface area contributed by atoms with Crippen LogP contribution in [-0.2, 0) is 0 Å². The highest BCUT2D eigenvalue weighted by Gasteiger charge is 2.27. The van der Waals surface area contributed by atoms with Crippen molar-refractivity contribution >= 4 is 17.5 Å². The molecule has 0 aliphatic heterocycles. The summed E-state index contributed by atoms with van der Waals surface area (Å²) in [6, 6.07) is 0.242. The highest BCUT2D eigenvalue weighted by Crippen LogP contribution is 2.34. The maximum Gasteiger partial charge on any atom is 0.271 e. The van der Waals surface area contributed by atoms with Crippen LogP contribution < -0.4 is 5.32 Å². The van der Waals surface area contributed by atoms with Gasteiger partial charge in [0.1, 0.15) is 10.8 Å². The minimum Gasteiger partial charge on any atom is -0.348 e. The van der Waals surface area contributed by atoms with Gasteiger partial charge in [-0.15, -0.1) is 0 Å². The van der Waals surface area contributed by atoms with E-state index in [1.165, 1.54) is 12.4 Å². The van der Waals surface area contributed by atoms with Crippen molar-refractivity contribution in [1.82, 2.24) is 15.3 Å². The number of nitrogens with zero attached hydrogens (tertiary/aromatic N) is 2. The molecule has 1 saturated carbocycles. The van der Waals surface area contributed by atoms with Crippen LogP contribution in [0.4, 0.5) is 0 Å². The summed E-state index contributed by atoms with van der Waals surface area (Å²) in [5, 5.41) is 3.24. The molecular weight excluding hydrogens is 250 g/mol. The third-order valence-corrected chi connectivity index (χ3v) is 3.69. The molecule has 0 atom stereocenters. The van der Waals surface area contributed by atoms with Crippen molar-refractivity contribution in [3.05, 3.63) is 23.2 Å². The lowest BCUT2D eigenvalue weighted by molar-refractivity contribution is 0.0903. The summed E-state index contributed by atoms with van der Waals surface area (Å²) in [6.07, 6.45) is 7.17. The maximum absolute atomic E-state index is 12.0. The van der Waals surface area contributed by atoms with Crippen LogP contribution in [0.3, 0.4) is 0 Å². The van der Waals surface area contributed by atoms with Gasteiger partial charge in [0.05, 0.1) is 12.4 Å². The van der Waals surface area contributed by atoms with E-state index in [-0.39, 0.29) is 22.8 Å². The molecule has 98 valence electrons. The number of nitrogens with one attached hydrogen (secondary N) is 1. The average molecular weight is 268 g/mol. The Balaban J connectivity index is 1.93. The highest BCUT2D eigenvalue weighted by molar-refractivity contribution is 6.29. The van der Waals surface area contributed by atoms with Gasteiger partial charge in [-0.3, -0.25) is 9.78 Å². The second kappa shape index (κ2) is 5.22. The SMILES string of the molecule is CC1(C)CCC(NC(=O)c2cncc(Cl)n2)CC1. The quantitative estimate of drug-likeness (QED) is 0.896. The Morgan fingerprint density at radius 2 is 2.06 bits per heavy atom. The molecule has 0 radical (unpaired) electrons. The number of hydrogen-bond donors (Lipinski definition) is 1. The molecule has 5 heteroatoms. The lowest BCUT2D eigenvalue weighted by atomic mass is 9.75. The van der Waals surface area contributed by atoms with Crippen LogP contribution in [-0.4, -0.2) is 21.9 Å². The van der Waals surface area contributed by atoms with E-state index in [2.05, 4.69) is 29.1 Å². The molecule has 1 aliphatic rings. The van der Waals surface area contributed by atoms with Gasteiger partial charge in [0, 0.05) is 6.04 Å². The first-order valence-corrected chi connectivity index (χ1v) is 6.62. The smallest absolute Gasteiger partial charge is 0.271 e. The zero-order chi connectivity index (χ0) is 13.2. The second-order valence-corrected chi connectivity index (χ2v) is 6.03. The Morgan fingerprint density at radius 1 is 1.39 bits per heavy atom. The predicted molar refractivity (Wildman–Crippen MR) is 70.5 cm³/mol. The van der Waals surface area contributed by atoms with Crippen LogP contribution in [0.2, 0.25) is 5.15 Å². The van der Waals surface area contributed by atoms with Crippen molar-refractivity contribution in [3.63, 3.8) is 0 Å². The molecular formula is C13H18ClN3O. The normalized spacial score (nSPS) is 19.5. The van der Waals surface area contributed by atoms with Crippen molar-refractivity contribution in [3.8, 4) is 0 Å². The molecule has 1 heterocycles. The van der Waals surface area contributed by atoms with E-state index < -0.39 is 0 Å². The number of carbonyl (C=O) groups is 1. The van der Waals surface area contributed by atoms with E-state index in [0.29, 0.717) is 5.41 Å². The number of hydrogen-bond acceptors (Lipinski definition) is 3. The first-order chi connectivity index (χ1) is 8.46. The van der Waals surface area contributed by atoms with Gasteiger partial charge in [0.2, 0.25) is 0 Å². The van der Waals surface area contributed by atoms with Gasteiger partial charge in [0.25, 0.3) is 5.91 Å². The van der Waals surface area contributed by atoms with Crippen molar-refractivity contribution in [2.45, 2.75) is 45.6 Å². The standard InChI is InChI=1S/C13H18ClN3O/c1-13(2)5-3-9(4-6-13)16-12(18)10-7-15-8-11(14)17-10/h7-9H,3-6H2,1-2H3,(H,16,18). The zero-order valence-electron chi connectivity index (χ0n) is 10.7. The molecule has 0 spiro atoms. The van der Waals surface area contributed by atoms with Gasteiger partial charge < -0.3 is 5.32 Å². The monoisotopic (exact) mass is 267 g/mol. The van der Waals surface area contributed by atoms with Crippen molar-refractivity contribution < 1.29 is 4.79 Å². The van der Waals surface area contributed by atoms with Gasteiger partial charge >= 0.3 is 0 Å². The lowest BCUT2D eigenvalue weighted by Crippen LogP contribution is -2.39. The fraction of sp³-hybridized carbons (Fsp3) is 0.615. The van der Waals surface area contributed by atoms with E-state index >= 15 is 0 Å². The summed E-state index contributed by atoms with van der Waals surface area (Å²) in [5.41, 5.74) is 0.684. The van der Waals surface area contributed by atoms with Crippen LogP contribution in [0.5, 0.6) is 0 Å². The molecule has 1 fully saturated rings. The maximum atomic E-state index is 12.0. The first-order valence-electron chi connectivity index (χ1n) is 6.25. The lowest BCUT2D eigenvalue weighted by Gasteiger charge is -2.34. The third-order valence-electron chi connectivity index (χ3n) is 3.51. The number of rotatable bonds is 2. The summed E-state index contributed by atoms with van der Waals surface area (Å²) in [4.78, 5) is 19.8. The van der Waals surface area contributed by atoms with Crippen molar-refractivity contribution in [2.24, 2.45) is 5.41 Å². The number of amides is 1. The Hall–Kier alpha value is -1.16. The van der Waals surface area contributed by atoms with E-state index in [1.807, 2.05) is 0 Å². The number of carbonyl (C=O) groups excluding carboxylic acids is 1. The van der Waals surface area contributed by atoms with Crippen LogP contribution >= 0.6 is 11.6 Å². The molecule has 0 saturated heterocycles.